The monoisotopic (exact) mass is 268 g/mol. The number of rotatable bonds is 4. The zero-order valence-electron chi connectivity index (χ0n) is 11.6. The molecule has 2 aromatic carbocycles. The van der Waals surface area contributed by atoms with Gasteiger partial charge in [0.05, 0.1) is 0 Å². The summed E-state index contributed by atoms with van der Waals surface area (Å²) in [7, 11) is 0. The third kappa shape index (κ3) is 3.41. The van der Waals surface area contributed by atoms with E-state index in [1.165, 1.54) is 12.1 Å². The first-order valence-corrected chi connectivity index (χ1v) is 6.54. The van der Waals surface area contributed by atoms with Crippen LogP contribution in [0.1, 0.15) is 29.8 Å². The Labute approximate surface area is 118 Å². The largest absolute Gasteiger partial charge is 0.289 e. The highest BCUT2D eigenvalue weighted by atomic mass is 19.1. The van der Waals surface area contributed by atoms with E-state index in [1.54, 1.807) is 30.3 Å². The fourth-order valence-corrected chi connectivity index (χ4v) is 1.96. The highest BCUT2D eigenvalue weighted by Crippen LogP contribution is 2.25. The Morgan fingerprint density at radius 3 is 2.20 bits per heavy atom. The molecular formula is C18H17FO. The van der Waals surface area contributed by atoms with Gasteiger partial charge in [-0.3, -0.25) is 4.79 Å². The summed E-state index contributed by atoms with van der Waals surface area (Å²) >= 11 is 0. The van der Waals surface area contributed by atoms with E-state index in [0.717, 1.165) is 5.56 Å². The third-order valence-electron chi connectivity index (χ3n) is 3.30. The molecule has 1 nitrogen and oxygen atoms in total. The van der Waals surface area contributed by atoms with Crippen molar-refractivity contribution in [1.82, 2.24) is 0 Å². The Morgan fingerprint density at radius 1 is 1.00 bits per heavy atom. The average Bonchev–Trinajstić information content (AvgIpc) is 2.46. The van der Waals surface area contributed by atoms with Crippen LogP contribution in [0.25, 0.3) is 0 Å². The molecule has 0 aromatic heterocycles. The topological polar surface area (TPSA) is 17.1 Å². The van der Waals surface area contributed by atoms with E-state index in [0.29, 0.717) is 5.56 Å². The lowest BCUT2D eigenvalue weighted by Crippen LogP contribution is -2.14. The smallest absolute Gasteiger partial charge is 0.185 e. The number of hydrogen-bond donors (Lipinski definition) is 0. The molecule has 0 saturated carbocycles. The standard InChI is InChI=1S/C18H17FO/c1-18(2,15-8-10-16(19)11-9-15)13-12-17(20)14-6-4-3-5-7-14/h3-13H,1-2H3/b13-12+. The van der Waals surface area contributed by atoms with Crippen molar-refractivity contribution >= 4 is 5.78 Å². The van der Waals surface area contributed by atoms with Crippen LogP contribution in [0.3, 0.4) is 0 Å². The Morgan fingerprint density at radius 2 is 1.60 bits per heavy atom. The van der Waals surface area contributed by atoms with E-state index in [4.69, 9.17) is 0 Å². The van der Waals surface area contributed by atoms with Crippen LogP contribution >= 0.6 is 0 Å². The maximum absolute atomic E-state index is 12.9. The fourth-order valence-electron chi connectivity index (χ4n) is 1.96. The first-order chi connectivity index (χ1) is 9.49. The van der Waals surface area contributed by atoms with Gasteiger partial charge in [0, 0.05) is 11.0 Å². The summed E-state index contributed by atoms with van der Waals surface area (Å²) in [4.78, 5) is 12.0. The second-order valence-corrected chi connectivity index (χ2v) is 5.29. The van der Waals surface area contributed by atoms with Gasteiger partial charge >= 0.3 is 0 Å². The Balaban J connectivity index is 2.17. The molecule has 0 saturated heterocycles. The van der Waals surface area contributed by atoms with Gasteiger partial charge in [0.2, 0.25) is 0 Å². The molecule has 20 heavy (non-hydrogen) atoms. The van der Waals surface area contributed by atoms with E-state index in [9.17, 15) is 9.18 Å². The molecule has 0 unspecified atom stereocenters. The van der Waals surface area contributed by atoms with Gasteiger partial charge in [-0.05, 0) is 23.8 Å². The second-order valence-electron chi connectivity index (χ2n) is 5.29. The minimum Gasteiger partial charge on any atom is -0.289 e. The van der Waals surface area contributed by atoms with Crippen molar-refractivity contribution in [1.29, 1.82) is 0 Å². The van der Waals surface area contributed by atoms with Crippen molar-refractivity contribution in [2.24, 2.45) is 0 Å². The molecule has 0 bridgehead atoms. The van der Waals surface area contributed by atoms with Crippen LogP contribution in [0.4, 0.5) is 4.39 Å². The number of allylic oxidation sites excluding steroid dienone is 2. The zero-order chi connectivity index (χ0) is 14.6. The minimum absolute atomic E-state index is 0.0270. The third-order valence-corrected chi connectivity index (χ3v) is 3.30. The second kappa shape index (κ2) is 5.83. The van der Waals surface area contributed by atoms with E-state index >= 15 is 0 Å². The molecule has 0 aliphatic rings. The fraction of sp³-hybridized carbons (Fsp3) is 0.167. The lowest BCUT2D eigenvalue weighted by atomic mass is 9.84. The van der Waals surface area contributed by atoms with Crippen molar-refractivity contribution < 1.29 is 9.18 Å². The normalized spacial score (nSPS) is 11.8. The molecule has 2 heteroatoms. The van der Waals surface area contributed by atoms with Gasteiger partial charge in [0.15, 0.2) is 5.78 Å². The number of hydrogen-bond acceptors (Lipinski definition) is 1. The summed E-state index contributed by atoms with van der Waals surface area (Å²) in [6.07, 6.45) is 3.44. The summed E-state index contributed by atoms with van der Waals surface area (Å²) < 4.78 is 12.9. The van der Waals surface area contributed by atoms with Crippen molar-refractivity contribution in [3.8, 4) is 0 Å². The average molecular weight is 268 g/mol. The summed E-state index contributed by atoms with van der Waals surface area (Å²) in [6, 6.07) is 15.5. The van der Waals surface area contributed by atoms with Crippen LogP contribution < -0.4 is 0 Å². The highest BCUT2D eigenvalue weighted by molar-refractivity contribution is 6.04. The molecule has 0 atom stereocenters. The number of carbonyl (C=O) groups excluding carboxylic acids is 1. The molecule has 0 aliphatic heterocycles. The molecule has 0 spiro atoms. The number of benzene rings is 2. The summed E-state index contributed by atoms with van der Waals surface area (Å²) in [5.41, 5.74) is 1.31. The lowest BCUT2D eigenvalue weighted by molar-refractivity contribution is 0.104. The van der Waals surface area contributed by atoms with E-state index in [1.807, 2.05) is 38.1 Å². The van der Waals surface area contributed by atoms with Gasteiger partial charge in [-0.1, -0.05) is 62.4 Å². The minimum atomic E-state index is -0.321. The van der Waals surface area contributed by atoms with Gasteiger partial charge in [0.1, 0.15) is 5.82 Å². The molecule has 0 amide bonds. The Bertz CT molecular complexity index is 610. The molecule has 0 fully saturated rings. The van der Waals surface area contributed by atoms with E-state index in [2.05, 4.69) is 0 Å². The van der Waals surface area contributed by atoms with Gasteiger partial charge in [-0.15, -0.1) is 0 Å². The molecule has 2 rings (SSSR count). The molecule has 102 valence electrons. The molecule has 0 N–H and O–H groups in total. The van der Waals surface area contributed by atoms with Crippen LogP contribution in [-0.2, 0) is 5.41 Å². The van der Waals surface area contributed by atoms with Crippen LogP contribution in [0.5, 0.6) is 0 Å². The molecule has 0 radical (unpaired) electrons. The zero-order valence-corrected chi connectivity index (χ0v) is 11.6. The number of halogens is 1. The summed E-state index contributed by atoms with van der Waals surface area (Å²) in [6.45, 7) is 3.99. The lowest BCUT2D eigenvalue weighted by Gasteiger charge is -2.20. The van der Waals surface area contributed by atoms with Crippen LogP contribution in [0.15, 0.2) is 66.7 Å². The maximum Gasteiger partial charge on any atom is 0.185 e. The number of ketones is 1. The van der Waals surface area contributed by atoms with Gasteiger partial charge < -0.3 is 0 Å². The number of carbonyl (C=O) groups is 1. The van der Waals surface area contributed by atoms with E-state index in [-0.39, 0.29) is 17.0 Å². The van der Waals surface area contributed by atoms with Crippen LogP contribution in [0.2, 0.25) is 0 Å². The van der Waals surface area contributed by atoms with Crippen LogP contribution in [-0.4, -0.2) is 5.78 Å². The summed E-state index contributed by atoms with van der Waals surface area (Å²) in [5.74, 6) is -0.283. The van der Waals surface area contributed by atoms with E-state index < -0.39 is 0 Å². The highest BCUT2D eigenvalue weighted by Gasteiger charge is 2.17. The predicted octanol–water partition coefficient (Wildman–Crippen LogP) is 4.54. The van der Waals surface area contributed by atoms with Crippen molar-refractivity contribution in [3.05, 3.63) is 83.7 Å². The van der Waals surface area contributed by atoms with Crippen molar-refractivity contribution in [2.45, 2.75) is 19.3 Å². The molecule has 2 aromatic rings. The van der Waals surface area contributed by atoms with Crippen molar-refractivity contribution in [2.75, 3.05) is 0 Å². The van der Waals surface area contributed by atoms with Crippen LogP contribution in [0, 0.1) is 5.82 Å². The Hall–Kier alpha value is -2.22. The molecular weight excluding hydrogens is 251 g/mol. The maximum atomic E-state index is 12.9. The SMILES string of the molecule is CC(C)(/C=C/C(=O)c1ccccc1)c1ccc(F)cc1. The van der Waals surface area contributed by atoms with Gasteiger partial charge in [0.25, 0.3) is 0 Å². The molecule has 0 aliphatic carbocycles. The first-order valence-electron chi connectivity index (χ1n) is 6.54. The predicted molar refractivity (Wildman–Crippen MR) is 79.3 cm³/mol. The van der Waals surface area contributed by atoms with Gasteiger partial charge in [-0.2, -0.15) is 0 Å². The van der Waals surface area contributed by atoms with Crippen molar-refractivity contribution in [3.63, 3.8) is 0 Å². The molecule has 0 heterocycles. The first kappa shape index (κ1) is 14.2. The Kier molecular flexibility index (Phi) is 4.14. The quantitative estimate of drug-likeness (QED) is 0.587. The summed E-state index contributed by atoms with van der Waals surface area (Å²) in [5, 5.41) is 0. The van der Waals surface area contributed by atoms with Gasteiger partial charge in [-0.25, -0.2) is 4.39 Å².